The molecular formula is C18H29FN4. The van der Waals surface area contributed by atoms with Crippen LogP contribution in [0.15, 0.2) is 29.3 Å². The van der Waals surface area contributed by atoms with Gasteiger partial charge in [0.2, 0.25) is 0 Å². The average molecular weight is 320 g/mol. The Kier molecular flexibility index (Phi) is 5.63. The van der Waals surface area contributed by atoms with E-state index in [-0.39, 0.29) is 11.9 Å². The third-order valence-corrected chi connectivity index (χ3v) is 4.50. The number of hydrogen-bond acceptors (Lipinski definition) is 2. The molecule has 1 aliphatic heterocycles. The molecule has 4 nitrogen and oxygen atoms in total. The maximum absolute atomic E-state index is 13.5. The van der Waals surface area contributed by atoms with Crippen LogP contribution in [0.3, 0.4) is 0 Å². The van der Waals surface area contributed by atoms with E-state index in [4.69, 9.17) is 0 Å². The summed E-state index contributed by atoms with van der Waals surface area (Å²) in [5, 5.41) is 3.46. The van der Waals surface area contributed by atoms with Gasteiger partial charge in [-0.15, -0.1) is 0 Å². The third-order valence-electron chi connectivity index (χ3n) is 4.50. The van der Waals surface area contributed by atoms with E-state index in [1.807, 2.05) is 27.2 Å². The number of nitrogens with one attached hydrogen (secondary N) is 1. The standard InChI is InChI=1S/C18H29FN4/c1-18(2)9-10-23(13-18)17(20-3)21-12-16(22(4)5)14-7-6-8-15(19)11-14/h6-8,11,16H,9-10,12-13H2,1-5H3,(H,20,21). The average Bonchev–Trinajstić information content (AvgIpc) is 2.83. The van der Waals surface area contributed by atoms with Crippen molar-refractivity contribution in [2.75, 3.05) is 40.8 Å². The largest absolute Gasteiger partial charge is 0.354 e. The first-order chi connectivity index (χ1) is 10.8. The van der Waals surface area contributed by atoms with Gasteiger partial charge in [-0.25, -0.2) is 4.39 Å². The molecule has 1 heterocycles. The second-order valence-corrected chi connectivity index (χ2v) is 7.30. The zero-order valence-corrected chi connectivity index (χ0v) is 14.9. The van der Waals surface area contributed by atoms with Crippen molar-refractivity contribution in [2.45, 2.75) is 26.3 Å². The first-order valence-electron chi connectivity index (χ1n) is 8.20. The quantitative estimate of drug-likeness (QED) is 0.683. The van der Waals surface area contributed by atoms with Crippen molar-refractivity contribution in [1.82, 2.24) is 15.1 Å². The number of guanidine groups is 1. The highest BCUT2D eigenvalue weighted by Crippen LogP contribution is 2.28. The SMILES string of the molecule is CN=C(NCC(c1cccc(F)c1)N(C)C)N1CCC(C)(C)C1. The van der Waals surface area contributed by atoms with Crippen LogP contribution in [0.1, 0.15) is 31.9 Å². The monoisotopic (exact) mass is 320 g/mol. The molecule has 0 aliphatic carbocycles. The van der Waals surface area contributed by atoms with Crippen molar-refractivity contribution >= 4 is 5.96 Å². The molecule has 1 fully saturated rings. The zero-order chi connectivity index (χ0) is 17.0. The zero-order valence-electron chi connectivity index (χ0n) is 14.9. The Morgan fingerprint density at radius 1 is 1.43 bits per heavy atom. The van der Waals surface area contributed by atoms with Gasteiger partial charge >= 0.3 is 0 Å². The van der Waals surface area contributed by atoms with Crippen LogP contribution in [0.25, 0.3) is 0 Å². The van der Waals surface area contributed by atoms with E-state index in [9.17, 15) is 4.39 Å². The van der Waals surface area contributed by atoms with Gasteiger partial charge in [0.05, 0.1) is 6.04 Å². The molecule has 0 aromatic heterocycles. The number of likely N-dealkylation sites (N-methyl/N-ethyl adjacent to an activating group) is 1. The Morgan fingerprint density at radius 3 is 2.70 bits per heavy atom. The molecule has 23 heavy (non-hydrogen) atoms. The summed E-state index contributed by atoms with van der Waals surface area (Å²) in [7, 11) is 5.85. The number of rotatable bonds is 4. The number of aliphatic imine (C=N–C) groups is 1. The van der Waals surface area contributed by atoms with Crippen molar-refractivity contribution in [1.29, 1.82) is 0 Å². The lowest BCUT2D eigenvalue weighted by atomic mass is 9.93. The fraction of sp³-hybridized carbons (Fsp3) is 0.611. The number of nitrogens with zero attached hydrogens (tertiary/aromatic N) is 3. The maximum Gasteiger partial charge on any atom is 0.193 e. The Hall–Kier alpha value is -1.62. The molecule has 1 aromatic rings. The summed E-state index contributed by atoms with van der Waals surface area (Å²) in [4.78, 5) is 8.82. The molecule has 1 unspecified atom stereocenters. The van der Waals surface area contributed by atoms with Crippen LogP contribution in [0.2, 0.25) is 0 Å². The molecule has 5 heteroatoms. The first-order valence-corrected chi connectivity index (χ1v) is 8.20. The molecule has 0 amide bonds. The lowest BCUT2D eigenvalue weighted by Crippen LogP contribution is -2.44. The van der Waals surface area contributed by atoms with Gasteiger partial charge in [-0.1, -0.05) is 26.0 Å². The van der Waals surface area contributed by atoms with Crippen molar-refractivity contribution in [3.8, 4) is 0 Å². The Balaban J connectivity index is 2.03. The summed E-state index contributed by atoms with van der Waals surface area (Å²) in [6.45, 7) is 7.31. The van der Waals surface area contributed by atoms with Gasteiger partial charge in [0.25, 0.3) is 0 Å². The maximum atomic E-state index is 13.5. The van der Waals surface area contributed by atoms with E-state index in [1.165, 1.54) is 12.5 Å². The third kappa shape index (κ3) is 4.67. The Labute approximate surface area is 139 Å². The van der Waals surface area contributed by atoms with Crippen molar-refractivity contribution in [2.24, 2.45) is 10.4 Å². The summed E-state index contributed by atoms with van der Waals surface area (Å²) in [5.41, 5.74) is 1.31. The molecule has 0 bridgehead atoms. The van der Waals surface area contributed by atoms with Crippen LogP contribution in [0.5, 0.6) is 0 Å². The van der Waals surface area contributed by atoms with Gasteiger partial charge in [0.15, 0.2) is 5.96 Å². The van der Waals surface area contributed by atoms with Gasteiger partial charge in [0, 0.05) is 26.7 Å². The lowest BCUT2D eigenvalue weighted by Gasteiger charge is -2.29. The van der Waals surface area contributed by atoms with Crippen LogP contribution < -0.4 is 5.32 Å². The normalized spacial score (nSPS) is 19.3. The molecule has 1 N–H and O–H groups in total. The van der Waals surface area contributed by atoms with Gasteiger partial charge in [-0.2, -0.15) is 0 Å². The number of benzene rings is 1. The molecular weight excluding hydrogens is 291 g/mol. The summed E-state index contributed by atoms with van der Waals surface area (Å²) >= 11 is 0. The van der Waals surface area contributed by atoms with Crippen molar-refractivity contribution < 1.29 is 4.39 Å². The second-order valence-electron chi connectivity index (χ2n) is 7.30. The molecule has 2 rings (SSSR count). The van der Waals surface area contributed by atoms with Crippen molar-refractivity contribution in [3.63, 3.8) is 0 Å². The fourth-order valence-corrected chi connectivity index (χ4v) is 3.13. The Morgan fingerprint density at radius 2 is 2.17 bits per heavy atom. The number of halogens is 1. The summed E-state index contributed by atoms with van der Waals surface area (Å²) in [6.07, 6.45) is 1.18. The summed E-state index contributed by atoms with van der Waals surface area (Å²) in [6, 6.07) is 6.91. The van der Waals surface area contributed by atoms with E-state index in [2.05, 4.69) is 34.0 Å². The molecule has 1 atom stereocenters. The highest BCUT2D eigenvalue weighted by molar-refractivity contribution is 5.80. The molecule has 128 valence electrons. The van der Waals surface area contributed by atoms with Gasteiger partial charge in [-0.3, -0.25) is 4.99 Å². The second kappa shape index (κ2) is 7.30. The van der Waals surface area contributed by atoms with E-state index in [0.717, 1.165) is 24.6 Å². The minimum atomic E-state index is -0.194. The minimum Gasteiger partial charge on any atom is -0.354 e. The molecule has 0 radical (unpaired) electrons. The van der Waals surface area contributed by atoms with Gasteiger partial charge in [0.1, 0.15) is 5.82 Å². The van der Waals surface area contributed by atoms with Crippen LogP contribution in [0, 0.1) is 11.2 Å². The van der Waals surface area contributed by atoms with Gasteiger partial charge in [-0.05, 0) is 43.6 Å². The van der Waals surface area contributed by atoms with E-state index >= 15 is 0 Å². The van der Waals surface area contributed by atoms with Crippen LogP contribution in [0.4, 0.5) is 4.39 Å². The van der Waals surface area contributed by atoms with E-state index in [1.54, 1.807) is 12.1 Å². The first kappa shape index (κ1) is 17.7. The highest BCUT2D eigenvalue weighted by Gasteiger charge is 2.31. The predicted octanol–water partition coefficient (Wildman–Crippen LogP) is 2.74. The molecule has 0 spiro atoms. The van der Waals surface area contributed by atoms with Crippen LogP contribution in [-0.2, 0) is 0 Å². The van der Waals surface area contributed by atoms with Crippen LogP contribution >= 0.6 is 0 Å². The topological polar surface area (TPSA) is 30.9 Å². The van der Waals surface area contributed by atoms with E-state index < -0.39 is 0 Å². The van der Waals surface area contributed by atoms with E-state index in [0.29, 0.717) is 12.0 Å². The minimum absolute atomic E-state index is 0.0954. The highest BCUT2D eigenvalue weighted by atomic mass is 19.1. The fourth-order valence-electron chi connectivity index (χ4n) is 3.13. The number of likely N-dealkylation sites (tertiary alicyclic amines) is 1. The molecule has 1 aromatic carbocycles. The summed E-state index contributed by atoms with van der Waals surface area (Å²) in [5.74, 6) is 0.735. The summed E-state index contributed by atoms with van der Waals surface area (Å²) < 4.78 is 13.5. The molecule has 1 saturated heterocycles. The smallest absolute Gasteiger partial charge is 0.193 e. The molecule has 1 aliphatic rings. The van der Waals surface area contributed by atoms with Gasteiger partial charge < -0.3 is 15.1 Å². The predicted molar refractivity (Wildman–Crippen MR) is 94.2 cm³/mol. The van der Waals surface area contributed by atoms with Crippen molar-refractivity contribution in [3.05, 3.63) is 35.6 Å². The molecule has 0 saturated carbocycles. The Bertz CT molecular complexity index is 554. The lowest BCUT2D eigenvalue weighted by molar-refractivity contribution is 0.293. The number of hydrogen-bond donors (Lipinski definition) is 1. The van der Waals surface area contributed by atoms with Crippen LogP contribution in [-0.4, -0.2) is 56.5 Å².